The lowest BCUT2D eigenvalue weighted by Gasteiger charge is -2.02. The van der Waals surface area contributed by atoms with E-state index in [2.05, 4.69) is 0 Å². The molecule has 1 amide bonds. The minimum Gasteiger partial charge on any atom is -0.481 e. The van der Waals surface area contributed by atoms with Crippen molar-refractivity contribution in [1.29, 1.82) is 0 Å². The van der Waals surface area contributed by atoms with E-state index in [1.807, 2.05) is 0 Å². The highest BCUT2D eigenvalue weighted by molar-refractivity contribution is 5.77. The second-order valence-corrected chi connectivity index (χ2v) is 2.24. The topological polar surface area (TPSA) is 80.4 Å². The predicted octanol–water partition coefficient (Wildman–Crippen LogP) is 0.219. The summed E-state index contributed by atoms with van der Waals surface area (Å²) in [6.45, 7) is 1.62. The lowest BCUT2D eigenvalue weighted by molar-refractivity contribution is -0.137. The minimum absolute atomic E-state index is 0. The van der Waals surface area contributed by atoms with Gasteiger partial charge < -0.3 is 10.8 Å². The molecular weight excluding hydrogens is 134 g/mol. The lowest BCUT2D eigenvalue weighted by Crippen LogP contribution is -2.21. The first-order valence-electron chi connectivity index (χ1n) is 3.05. The van der Waals surface area contributed by atoms with Gasteiger partial charge in [-0.25, -0.2) is 0 Å². The summed E-state index contributed by atoms with van der Waals surface area (Å²) in [5.74, 6) is -1.68. The van der Waals surface area contributed by atoms with Crippen LogP contribution in [0.4, 0.5) is 0 Å². The third kappa shape index (κ3) is 3.88. The van der Waals surface area contributed by atoms with Crippen molar-refractivity contribution in [3.8, 4) is 0 Å². The molecule has 0 saturated heterocycles. The molecule has 0 heterocycles. The standard InChI is InChI=1S/C6H11NO3.H2/c1-4(6(7)10)2-3-5(8)9;/h4H,2-3H2,1H3,(H2,7,10)(H,8,9);1H/t4-;/m0./s1. The number of carboxylic acids is 1. The number of primary amides is 1. The molecule has 0 saturated carbocycles. The molecule has 10 heavy (non-hydrogen) atoms. The van der Waals surface area contributed by atoms with Crippen LogP contribution in [0.25, 0.3) is 0 Å². The molecule has 0 bridgehead atoms. The van der Waals surface area contributed by atoms with Gasteiger partial charge in [-0.1, -0.05) is 6.92 Å². The highest BCUT2D eigenvalue weighted by Gasteiger charge is 2.09. The van der Waals surface area contributed by atoms with E-state index in [1.165, 1.54) is 0 Å². The summed E-state index contributed by atoms with van der Waals surface area (Å²) in [6.07, 6.45) is 0.328. The van der Waals surface area contributed by atoms with Gasteiger partial charge in [0.1, 0.15) is 0 Å². The zero-order valence-corrected chi connectivity index (χ0v) is 5.83. The van der Waals surface area contributed by atoms with E-state index in [1.54, 1.807) is 6.92 Å². The molecule has 0 rings (SSSR count). The molecule has 0 radical (unpaired) electrons. The zero-order chi connectivity index (χ0) is 8.15. The molecule has 0 fully saturated rings. The van der Waals surface area contributed by atoms with Crippen LogP contribution in [0, 0.1) is 5.92 Å². The van der Waals surface area contributed by atoms with Crippen molar-refractivity contribution in [2.45, 2.75) is 19.8 Å². The summed E-state index contributed by atoms with van der Waals surface area (Å²) in [6, 6.07) is 0. The van der Waals surface area contributed by atoms with Crippen molar-refractivity contribution >= 4 is 11.9 Å². The van der Waals surface area contributed by atoms with Crippen LogP contribution in [-0.2, 0) is 9.59 Å². The maximum atomic E-state index is 10.3. The summed E-state index contributed by atoms with van der Waals surface area (Å²) in [5.41, 5.74) is 4.89. The minimum atomic E-state index is -0.895. The summed E-state index contributed by atoms with van der Waals surface area (Å²) in [4.78, 5) is 20.3. The summed E-state index contributed by atoms with van der Waals surface area (Å²) < 4.78 is 0. The maximum Gasteiger partial charge on any atom is 0.303 e. The van der Waals surface area contributed by atoms with Crippen molar-refractivity contribution in [3.05, 3.63) is 0 Å². The maximum absolute atomic E-state index is 10.3. The van der Waals surface area contributed by atoms with Gasteiger partial charge in [0, 0.05) is 13.8 Å². The van der Waals surface area contributed by atoms with E-state index >= 15 is 0 Å². The van der Waals surface area contributed by atoms with Gasteiger partial charge in [-0.05, 0) is 6.42 Å². The predicted molar refractivity (Wildman–Crippen MR) is 37.3 cm³/mol. The Bertz CT molecular complexity index is 149. The average molecular weight is 147 g/mol. The fourth-order valence-electron chi connectivity index (χ4n) is 0.482. The third-order valence-corrected chi connectivity index (χ3v) is 1.28. The van der Waals surface area contributed by atoms with E-state index in [0.29, 0.717) is 6.42 Å². The molecule has 0 aromatic carbocycles. The SMILES string of the molecule is C[C@@H](CCC(=O)O)C(N)=O.[HH]. The normalized spacial score (nSPS) is 12.5. The summed E-state index contributed by atoms with van der Waals surface area (Å²) >= 11 is 0. The first kappa shape index (κ1) is 8.94. The van der Waals surface area contributed by atoms with Crippen LogP contribution in [0.2, 0.25) is 0 Å². The number of hydrogen-bond donors (Lipinski definition) is 2. The quantitative estimate of drug-likeness (QED) is 0.596. The Labute approximate surface area is 60.5 Å². The summed E-state index contributed by atoms with van der Waals surface area (Å²) in [7, 11) is 0. The first-order chi connectivity index (χ1) is 4.54. The third-order valence-electron chi connectivity index (χ3n) is 1.28. The Hall–Kier alpha value is -1.06. The molecule has 60 valence electrons. The van der Waals surface area contributed by atoms with E-state index in [-0.39, 0.29) is 13.8 Å². The average Bonchev–Trinajstić information content (AvgIpc) is 1.82. The number of nitrogens with two attached hydrogens (primary N) is 1. The molecule has 1 atom stereocenters. The number of rotatable bonds is 4. The van der Waals surface area contributed by atoms with Crippen molar-refractivity contribution < 1.29 is 16.1 Å². The smallest absolute Gasteiger partial charge is 0.303 e. The summed E-state index contributed by atoms with van der Waals surface area (Å²) in [5, 5.41) is 8.19. The molecule has 0 aliphatic carbocycles. The largest absolute Gasteiger partial charge is 0.481 e. The molecule has 3 N–H and O–H groups in total. The molecule has 0 aliphatic heterocycles. The lowest BCUT2D eigenvalue weighted by atomic mass is 10.1. The van der Waals surface area contributed by atoms with Crippen LogP contribution in [0.3, 0.4) is 0 Å². The number of carboxylic acid groups (broad SMARTS) is 1. The molecule has 4 nitrogen and oxygen atoms in total. The van der Waals surface area contributed by atoms with Gasteiger partial charge in [0.05, 0.1) is 0 Å². The fraction of sp³-hybridized carbons (Fsp3) is 0.667. The van der Waals surface area contributed by atoms with Crippen LogP contribution in [0.1, 0.15) is 21.2 Å². The van der Waals surface area contributed by atoms with Crippen LogP contribution < -0.4 is 5.73 Å². The van der Waals surface area contributed by atoms with Crippen LogP contribution in [-0.4, -0.2) is 17.0 Å². The Morgan fingerprint density at radius 1 is 1.70 bits per heavy atom. The molecular formula is C6H13NO3. The Balaban J connectivity index is 0. The number of aliphatic carboxylic acids is 1. The van der Waals surface area contributed by atoms with Crippen LogP contribution in [0.5, 0.6) is 0 Å². The Kier molecular flexibility index (Phi) is 3.46. The van der Waals surface area contributed by atoms with E-state index in [4.69, 9.17) is 10.8 Å². The zero-order valence-electron chi connectivity index (χ0n) is 5.83. The second-order valence-electron chi connectivity index (χ2n) is 2.24. The van der Waals surface area contributed by atoms with Crippen molar-refractivity contribution in [1.82, 2.24) is 0 Å². The number of amides is 1. The Morgan fingerprint density at radius 2 is 2.20 bits per heavy atom. The van der Waals surface area contributed by atoms with E-state index in [0.717, 1.165) is 0 Å². The molecule has 0 spiro atoms. The molecule has 0 unspecified atom stereocenters. The van der Waals surface area contributed by atoms with Gasteiger partial charge in [0.2, 0.25) is 5.91 Å². The van der Waals surface area contributed by atoms with Gasteiger partial charge in [-0.2, -0.15) is 0 Å². The van der Waals surface area contributed by atoms with Gasteiger partial charge in [0.25, 0.3) is 0 Å². The number of hydrogen-bond acceptors (Lipinski definition) is 2. The van der Waals surface area contributed by atoms with Gasteiger partial charge in [-0.15, -0.1) is 0 Å². The van der Waals surface area contributed by atoms with Gasteiger partial charge in [-0.3, -0.25) is 9.59 Å². The molecule has 4 heteroatoms. The molecule has 0 aromatic heterocycles. The number of carbonyl (C=O) groups is 2. The van der Waals surface area contributed by atoms with E-state index in [9.17, 15) is 9.59 Å². The van der Waals surface area contributed by atoms with Crippen LogP contribution >= 0.6 is 0 Å². The van der Waals surface area contributed by atoms with Gasteiger partial charge >= 0.3 is 5.97 Å². The molecule has 0 aliphatic rings. The second kappa shape index (κ2) is 3.87. The molecule has 0 aromatic rings. The highest BCUT2D eigenvalue weighted by atomic mass is 16.4. The van der Waals surface area contributed by atoms with Crippen molar-refractivity contribution in [2.24, 2.45) is 11.7 Å². The number of carbonyl (C=O) groups excluding carboxylic acids is 1. The van der Waals surface area contributed by atoms with Crippen molar-refractivity contribution in [3.63, 3.8) is 0 Å². The Morgan fingerprint density at radius 3 is 2.50 bits per heavy atom. The first-order valence-corrected chi connectivity index (χ1v) is 3.05. The van der Waals surface area contributed by atoms with Crippen LogP contribution in [0.15, 0.2) is 0 Å². The van der Waals surface area contributed by atoms with Crippen molar-refractivity contribution in [2.75, 3.05) is 0 Å². The van der Waals surface area contributed by atoms with Gasteiger partial charge in [0.15, 0.2) is 0 Å². The monoisotopic (exact) mass is 147 g/mol. The highest BCUT2D eigenvalue weighted by Crippen LogP contribution is 2.03. The van der Waals surface area contributed by atoms with E-state index < -0.39 is 11.9 Å². The fourth-order valence-corrected chi connectivity index (χ4v) is 0.482.